The van der Waals surface area contributed by atoms with Crippen molar-refractivity contribution in [3.05, 3.63) is 112 Å². The van der Waals surface area contributed by atoms with Crippen molar-refractivity contribution in [2.24, 2.45) is 5.10 Å². The number of hydrazine groups is 1. The van der Waals surface area contributed by atoms with E-state index in [2.05, 4.69) is 73.0 Å². The number of aldehydes is 1. The smallest absolute Gasteiger partial charge is 0.127 e. The zero-order chi connectivity index (χ0) is 24.5. The molecule has 1 heterocycles. The summed E-state index contributed by atoms with van der Waals surface area (Å²) >= 11 is 6.14. The second kappa shape index (κ2) is 12.2. The number of nitrogens with zero attached hydrogens (tertiary/aromatic N) is 2. The molecule has 0 saturated carbocycles. The summed E-state index contributed by atoms with van der Waals surface area (Å²) in [6, 6.07) is 24.3. The molecule has 0 amide bonds. The van der Waals surface area contributed by atoms with Crippen molar-refractivity contribution in [2.75, 3.05) is 12.1 Å². The highest BCUT2D eigenvalue weighted by Gasteiger charge is 2.21. The second-order valence-corrected chi connectivity index (χ2v) is 8.61. The van der Waals surface area contributed by atoms with Crippen molar-refractivity contribution in [1.29, 1.82) is 0 Å². The Labute approximate surface area is 206 Å². The number of benzene rings is 3. The molecule has 1 aliphatic rings. The van der Waals surface area contributed by atoms with Gasteiger partial charge >= 0.3 is 0 Å². The number of allylic oxidation sites excluding steroid dienone is 2. The molecule has 2 N–H and O–H groups in total. The van der Waals surface area contributed by atoms with Gasteiger partial charge in [-0.05, 0) is 60.9 Å². The van der Waals surface area contributed by atoms with Gasteiger partial charge in [-0.1, -0.05) is 65.7 Å². The standard InChI is InChI=1S/C27H26ClN3O.CH4O/c1-19-9-11-21(12-10-19)14-27-17-25(16-23(18-32)22-6-4-7-24(28)15-22)29-30-31(27)26-8-3-5-20(2)13-26;1-2/h3-13,15,17-18,23,30H,14,16H2,1-2H3;2H,1H3. The van der Waals surface area contributed by atoms with Gasteiger partial charge in [-0.15, -0.1) is 0 Å². The van der Waals surface area contributed by atoms with E-state index in [-0.39, 0.29) is 5.92 Å². The predicted octanol–water partition coefficient (Wildman–Crippen LogP) is 5.75. The van der Waals surface area contributed by atoms with Crippen molar-refractivity contribution < 1.29 is 9.90 Å². The molecule has 0 spiro atoms. The predicted molar refractivity (Wildman–Crippen MR) is 140 cm³/mol. The van der Waals surface area contributed by atoms with E-state index in [0.717, 1.165) is 42.5 Å². The highest BCUT2D eigenvalue weighted by atomic mass is 35.5. The SMILES string of the molecule is CO.Cc1ccc(CC2=CC(CC(C=O)c3cccc(Cl)c3)=NNN2c2cccc(C)c2)cc1. The van der Waals surface area contributed by atoms with Gasteiger partial charge in [-0.3, -0.25) is 0 Å². The number of carbonyl (C=O) groups is 1. The summed E-state index contributed by atoms with van der Waals surface area (Å²) in [7, 11) is 1.00. The Balaban J connectivity index is 0.00000158. The number of carbonyl (C=O) groups excluding carboxylic acids is 1. The lowest BCUT2D eigenvalue weighted by Gasteiger charge is -2.30. The zero-order valence-electron chi connectivity index (χ0n) is 19.7. The summed E-state index contributed by atoms with van der Waals surface area (Å²) in [6.45, 7) is 4.16. The average Bonchev–Trinajstić information content (AvgIpc) is 2.85. The Kier molecular flexibility index (Phi) is 9.02. The maximum atomic E-state index is 11.9. The molecule has 6 heteroatoms. The molecule has 1 unspecified atom stereocenters. The van der Waals surface area contributed by atoms with E-state index in [1.807, 2.05) is 35.3 Å². The highest BCUT2D eigenvalue weighted by molar-refractivity contribution is 6.30. The van der Waals surface area contributed by atoms with E-state index in [0.29, 0.717) is 11.4 Å². The number of anilines is 1. The Morgan fingerprint density at radius 3 is 2.41 bits per heavy atom. The number of aliphatic hydroxyl groups excluding tert-OH is 1. The number of hydrogen-bond donors (Lipinski definition) is 2. The van der Waals surface area contributed by atoms with Crippen molar-refractivity contribution in [3.8, 4) is 0 Å². The van der Waals surface area contributed by atoms with Crippen molar-refractivity contribution in [1.82, 2.24) is 5.53 Å². The molecule has 0 saturated heterocycles. The summed E-state index contributed by atoms with van der Waals surface area (Å²) in [5.41, 5.74) is 10.6. The van der Waals surface area contributed by atoms with Crippen molar-refractivity contribution in [2.45, 2.75) is 32.6 Å². The molecule has 0 aromatic heterocycles. The molecule has 0 bridgehead atoms. The molecular formula is C28H30ClN3O2. The van der Waals surface area contributed by atoms with Crippen LogP contribution in [0.4, 0.5) is 5.69 Å². The molecule has 0 aliphatic carbocycles. The van der Waals surface area contributed by atoms with Crippen LogP contribution in [0.15, 0.2) is 89.7 Å². The number of nitrogens with one attached hydrogen (secondary N) is 1. The van der Waals surface area contributed by atoms with Crippen LogP contribution in [0.1, 0.15) is 34.6 Å². The summed E-state index contributed by atoms with van der Waals surface area (Å²) in [5.74, 6) is -0.309. The Morgan fingerprint density at radius 1 is 1.00 bits per heavy atom. The molecule has 0 radical (unpaired) electrons. The second-order valence-electron chi connectivity index (χ2n) is 8.18. The number of rotatable bonds is 7. The normalized spacial score (nSPS) is 13.6. The number of hydrazone groups is 1. The number of hydrogen-bond acceptors (Lipinski definition) is 5. The summed E-state index contributed by atoms with van der Waals surface area (Å²) < 4.78 is 0. The van der Waals surface area contributed by atoms with Crippen LogP contribution in [0, 0.1) is 13.8 Å². The van der Waals surface area contributed by atoms with Gasteiger partial charge in [0.1, 0.15) is 6.29 Å². The van der Waals surface area contributed by atoms with Crippen molar-refractivity contribution in [3.63, 3.8) is 0 Å². The van der Waals surface area contributed by atoms with E-state index in [9.17, 15) is 4.79 Å². The van der Waals surface area contributed by atoms with Gasteiger partial charge in [0.15, 0.2) is 0 Å². The van der Waals surface area contributed by atoms with Gasteiger partial charge < -0.3 is 9.90 Å². The van der Waals surface area contributed by atoms with Crippen LogP contribution in [-0.2, 0) is 11.2 Å². The maximum absolute atomic E-state index is 11.9. The molecular weight excluding hydrogens is 446 g/mol. The zero-order valence-corrected chi connectivity index (χ0v) is 20.5. The van der Waals surface area contributed by atoms with Crippen LogP contribution in [0.5, 0.6) is 0 Å². The fraction of sp³-hybridized carbons (Fsp3) is 0.214. The number of aryl methyl sites for hydroxylation is 2. The fourth-order valence-electron chi connectivity index (χ4n) is 3.82. The van der Waals surface area contributed by atoms with Crippen LogP contribution in [0.3, 0.4) is 0 Å². The minimum Gasteiger partial charge on any atom is -0.400 e. The first-order valence-corrected chi connectivity index (χ1v) is 11.5. The third-order valence-electron chi connectivity index (χ3n) is 5.55. The summed E-state index contributed by atoms with van der Waals surface area (Å²) in [5, 5.41) is 14.2. The third-order valence-corrected chi connectivity index (χ3v) is 5.78. The lowest BCUT2D eigenvalue weighted by Crippen LogP contribution is -2.38. The van der Waals surface area contributed by atoms with Crippen molar-refractivity contribution >= 4 is 29.3 Å². The summed E-state index contributed by atoms with van der Waals surface area (Å²) in [6.07, 6.45) is 4.29. The minimum absolute atomic E-state index is 0.309. The van der Waals surface area contributed by atoms with Crippen LogP contribution in [0.2, 0.25) is 5.02 Å². The van der Waals surface area contributed by atoms with E-state index in [1.165, 1.54) is 16.7 Å². The number of halogens is 1. The van der Waals surface area contributed by atoms with Crippen LogP contribution < -0.4 is 10.5 Å². The first kappa shape index (κ1) is 25.2. The molecule has 3 aromatic carbocycles. The highest BCUT2D eigenvalue weighted by Crippen LogP contribution is 2.27. The van der Waals surface area contributed by atoms with Gasteiger partial charge in [0.2, 0.25) is 0 Å². The molecule has 4 rings (SSSR count). The van der Waals surface area contributed by atoms with Crippen LogP contribution >= 0.6 is 11.6 Å². The Hall–Kier alpha value is -3.41. The molecule has 34 heavy (non-hydrogen) atoms. The molecule has 1 aliphatic heterocycles. The number of aliphatic hydroxyl groups is 1. The monoisotopic (exact) mass is 475 g/mol. The molecule has 1 atom stereocenters. The molecule has 0 fully saturated rings. The van der Waals surface area contributed by atoms with Gasteiger partial charge in [0.25, 0.3) is 0 Å². The summed E-state index contributed by atoms with van der Waals surface area (Å²) in [4.78, 5) is 11.9. The first-order valence-electron chi connectivity index (χ1n) is 11.1. The molecule has 5 nitrogen and oxygen atoms in total. The van der Waals surface area contributed by atoms with E-state index in [1.54, 1.807) is 0 Å². The quantitative estimate of drug-likeness (QED) is 0.427. The topological polar surface area (TPSA) is 64.9 Å². The minimum atomic E-state index is -0.309. The largest absolute Gasteiger partial charge is 0.400 e. The fourth-order valence-corrected chi connectivity index (χ4v) is 4.01. The lowest BCUT2D eigenvalue weighted by molar-refractivity contribution is -0.108. The molecule has 176 valence electrons. The van der Waals surface area contributed by atoms with E-state index in [4.69, 9.17) is 16.7 Å². The van der Waals surface area contributed by atoms with E-state index >= 15 is 0 Å². The van der Waals surface area contributed by atoms with Gasteiger partial charge in [0.05, 0.1) is 11.4 Å². The lowest BCUT2D eigenvalue weighted by atomic mass is 9.94. The maximum Gasteiger partial charge on any atom is 0.127 e. The van der Waals surface area contributed by atoms with Gasteiger partial charge in [-0.25, -0.2) is 10.5 Å². The van der Waals surface area contributed by atoms with Gasteiger partial charge in [-0.2, -0.15) is 5.10 Å². The Bertz CT molecular complexity index is 1170. The van der Waals surface area contributed by atoms with Gasteiger partial charge in [0, 0.05) is 36.6 Å². The average molecular weight is 476 g/mol. The molecule has 3 aromatic rings. The van der Waals surface area contributed by atoms with E-state index < -0.39 is 0 Å². The third kappa shape index (κ3) is 6.56. The van der Waals surface area contributed by atoms with Crippen LogP contribution in [0.25, 0.3) is 0 Å². The Morgan fingerprint density at radius 2 is 1.74 bits per heavy atom. The van der Waals surface area contributed by atoms with Crippen LogP contribution in [-0.4, -0.2) is 24.2 Å². The first-order chi connectivity index (χ1) is 16.5.